The lowest BCUT2D eigenvalue weighted by Crippen LogP contribution is -2.49. The molecule has 32 heavy (non-hydrogen) atoms. The predicted octanol–water partition coefficient (Wildman–Crippen LogP) is 3.84. The van der Waals surface area contributed by atoms with Crippen LogP contribution in [0.1, 0.15) is 18.2 Å². The smallest absolute Gasteiger partial charge is 0.224 e. The van der Waals surface area contributed by atoms with Crippen LogP contribution >= 0.6 is 23.6 Å². The summed E-state index contributed by atoms with van der Waals surface area (Å²) in [6.45, 7) is 7.58. The first-order valence-electron chi connectivity index (χ1n) is 11.0. The number of amides is 1. The zero-order valence-electron chi connectivity index (χ0n) is 18.3. The number of rotatable bonds is 9. The fourth-order valence-corrected chi connectivity index (χ4v) is 4.84. The molecule has 3 heterocycles. The van der Waals surface area contributed by atoms with Gasteiger partial charge in [-0.1, -0.05) is 6.07 Å². The molecule has 7 nitrogen and oxygen atoms in total. The van der Waals surface area contributed by atoms with Crippen molar-refractivity contribution >= 4 is 29.5 Å². The van der Waals surface area contributed by atoms with Gasteiger partial charge in [0.2, 0.25) is 5.91 Å². The van der Waals surface area contributed by atoms with Gasteiger partial charge in [-0.15, -0.1) is 11.3 Å². The Kier molecular flexibility index (Phi) is 7.72. The van der Waals surface area contributed by atoms with E-state index in [1.807, 2.05) is 52.0 Å². The summed E-state index contributed by atoms with van der Waals surface area (Å²) in [5, 5.41) is 9.37. The summed E-state index contributed by atoms with van der Waals surface area (Å²) >= 11 is 7.23. The van der Waals surface area contributed by atoms with Crippen molar-refractivity contribution in [3.63, 3.8) is 0 Å². The molecule has 0 aliphatic carbocycles. The van der Waals surface area contributed by atoms with Crippen molar-refractivity contribution in [2.24, 2.45) is 0 Å². The molecule has 0 atom stereocenters. The van der Waals surface area contributed by atoms with Gasteiger partial charge in [0.05, 0.1) is 6.61 Å². The standard InChI is InChI=1S/C23H29N5O2S2/c1-2-30-19-7-5-18(6-8-19)22-24-25-23(31)28(22)12-10-21(29)27-15-13-26(14-16-27)11-9-20-4-3-17-32-20/h3-8,17H,2,9-16H2,1H3,(H,25,31). The number of H-pyrrole nitrogens is 1. The Morgan fingerprint density at radius 3 is 2.62 bits per heavy atom. The molecule has 3 aromatic rings. The molecule has 1 saturated heterocycles. The van der Waals surface area contributed by atoms with Gasteiger partial charge in [0.15, 0.2) is 10.6 Å². The van der Waals surface area contributed by atoms with Gasteiger partial charge in [-0.05, 0) is 61.3 Å². The molecule has 170 valence electrons. The number of aromatic amines is 1. The van der Waals surface area contributed by atoms with Gasteiger partial charge < -0.3 is 9.64 Å². The fourth-order valence-electron chi connectivity index (χ4n) is 3.92. The minimum atomic E-state index is 0.170. The maximum atomic E-state index is 12.8. The predicted molar refractivity (Wildman–Crippen MR) is 130 cm³/mol. The van der Waals surface area contributed by atoms with E-state index in [2.05, 4.69) is 32.6 Å². The van der Waals surface area contributed by atoms with Gasteiger partial charge in [0.1, 0.15) is 5.75 Å². The Hall–Kier alpha value is -2.49. The monoisotopic (exact) mass is 471 g/mol. The summed E-state index contributed by atoms with van der Waals surface area (Å²) in [6, 6.07) is 12.1. The Morgan fingerprint density at radius 1 is 1.16 bits per heavy atom. The Labute approximate surface area is 197 Å². The fraction of sp³-hybridized carbons (Fsp3) is 0.435. The second-order valence-electron chi connectivity index (χ2n) is 7.76. The second-order valence-corrected chi connectivity index (χ2v) is 9.18. The highest BCUT2D eigenvalue weighted by atomic mass is 32.1. The average Bonchev–Trinajstić information content (AvgIpc) is 3.47. The third kappa shape index (κ3) is 5.65. The molecule has 1 N–H and O–H groups in total. The van der Waals surface area contributed by atoms with Crippen LogP contribution in [-0.4, -0.2) is 69.8 Å². The first-order chi connectivity index (χ1) is 15.6. The van der Waals surface area contributed by atoms with Gasteiger partial charge in [-0.25, -0.2) is 0 Å². The van der Waals surface area contributed by atoms with E-state index in [9.17, 15) is 4.79 Å². The number of ether oxygens (including phenoxy) is 1. The molecular formula is C23H29N5O2S2. The van der Waals surface area contributed by atoms with E-state index in [0.717, 1.165) is 56.3 Å². The molecule has 4 rings (SSSR count). The Balaban J connectivity index is 1.29. The number of carbonyl (C=O) groups is 1. The number of thiophene rings is 1. The maximum absolute atomic E-state index is 12.8. The molecular weight excluding hydrogens is 442 g/mol. The molecule has 0 bridgehead atoms. The van der Waals surface area contributed by atoms with Crippen LogP contribution in [0.5, 0.6) is 5.75 Å². The SMILES string of the molecule is CCOc1ccc(-c2n[nH]c(=S)n2CCC(=O)N2CCN(CCc3cccs3)CC2)cc1. The highest BCUT2D eigenvalue weighted by molar-refractivity contribution is 7.71. The molecule has 0 radical (unpaired) electrons. The van der Waals surface area contributed by atoms with Crippen molar-refractivity contribution in [2.75, 3.05) is 39.3 Å². The molecule has 9 heteroatoms. The summed E-state index contributed by atoms with van der Waals surface area (Å²) in [5.41, 5.74) is 0.938. The number of benzene rings is 1. The van der Waals surface area contributed by atoms with Gasteiger partial charge >= 0.3 is 0 Å². The number of aromatic nitrogens is 3. The molecule has 2 aromatic heterocycles. The minimum Gasteiger partial charge on any atom is -0.494 e. The molecule has 1 aliphatic rings. The molecule has 1 aromatic carbocycles. The van der Waals surface area contributed by atoms with Crippen LogP contribution in [0.4, 0.5) is 0 Å². The zero-order valence-corrected chi connectivity index (χ0v) is 20.0. The number of hydrogen-bond acceptors (Lipinski definition) is 6. The van der Waals surface area contributed by atoms with Crippen molar-refractivity contribution < 1.29 is 9.53 Å². The molecule has 0 spiro atoms. The van der Waals surface area contributed by atoms with E-state index in [1.54, 1.807) is 0 Å². The third-order valence-electron chi connectivity index (χ3n) is 5.71. The van der Waals surface area contributed by atoms with E-state index < -0.39 is 0 Å². The van der Waals surface area contributed by atoms with E-state index in [1.165, 1.54) is 4.88 Å². The highest BCUT2D eigenvalue weighted by Crippen LogP contribution is 2.21. The lowest BCUT2D eigenvalue weighted by atomic mass is 10.2. The van der Waals surface area contributed by atoms with Crippen LogP contribution in [0.15, 0.2) is 41.8 Å². The Bertz CT molecular complexity index is 1050. The topological polar surface area (TPSA) is 66.4 Å². The lowest BCUT2D eigenvalue weighted by Gasteiger charge is -2.34. The molecule has 0 saturated carbocycles. The normalized spacial score (nSPS) is 14.6. The number of piperazine rings is 1. The second kappa shape index (κ2) is 10.9. The van der Waals surface area contributed by atoms with Crippen LogP contribution in [0.2, 0.25) is 0 Å². The van der Waals surface area contributed by atoms with Crippen molar-refractivity contribution in [2.45, 2.75) is 26.3 Å². The van der Waals surface area contributed by atoms with Crippen LogP contribution in [-0.2, 0) is 17.8 Å². The summed E-state index contributed by atoms with van der Waals surface area (Å²) in [6.07, 6.45) is 1.49. The quantitative estimate of drug-likeness (QED) is 0.480. The molecule has 1 fully saturated rings. The Morgan fingerprint density at radius 2 is 1.94 bits per heavy atom. The van der Waals surface area contributed by atoms with Gasteiger partial charge in [-0.3, -0.25) is 19.4 Å². The summed E-state index contributed by atoms with van der Waals surface area (Å²) in [4.78, 5) is 18.7. The van der Waals surface area contributed by atoms with E-state index >= 15 is 0 Å². The number of hydrogen-bond donors (Lipinski definition) is 1. The molecule has 1 amide bonds. The maximum Gasteiger partial charge on any atom is 0.224 e. The minimum absolute atomic E-state index is 0.170. The largest absolute Gasteiger partial charge is 0.494 e. The first-order valence-corrected chi connectivity index (χ1v) is 12.3. The van der Waals surface area contributed by atoms with Crippen LogP contribution in [0.3, 0.4) is 0 Å². The van der Waals surface area contributed by atoms with E-state index in [4.69, 9.17) is 17.0 Å². The first kappa shape index (κ1) is 22.7. The van der Waals surface area contributed by atoms with E-state index in [-0.39, 0.29) is 5.91 Å². The third-order valence-corrected chi connectivity index (χ3v) is 6.96. The number of carbonyl (C=O) groups excluding carboxylic acids is 1. The average molecular weight is 472 g/mol. The van der Waals surface area contributed by atoms with E-state index in [0.29, 0.717) is 24.3 Å². The van der Waals surface area contributed by atoms with Crippen LogP contribution in [0, 0.1) is 4.77 Å². The molecule has 1 aliphatic heterocycles. The summed E-state index contributed by atoms with van der Waals surface area (Å²) in [7, 11) is 0. The van der Waals surface area contributed by atoms with Crippen LogP contribution in [0.25, 0.3) is 11.4 Å². The van der Waals surface area contributed by atoms with Crippen molar-refractivity contribution in [3.05, 3.63) is 51.4 Å². The summed E-state index contributed by atoms with van der Waals surface area (Å²) < 4.78 is 7.94. The van der Waals surface area contributed by atoms with Gasteiger partial charge in [0.25, 0.3) is 0 Å². The van der Waals surface area contributed by atoms with Crippen LogP contribution < -0.4 is 4.74 Å². The van der Waals surface area contributed by atoms with Crippen molar-refractivity contribution in [1.82, 2.24) is 24.6 Å². The summed E-state index contributed by atoms with van der Waals surface area (Å²) in [5.74, 6) is 1.73. The lowest BCUT2D eigenvalue weighted by molar-refractivity contribution is -0.133. The highest BCUT2D eigenvalue weighted by Gasteiger charge is 2.21. The van der Waals surface area contributed by atoms with Crippen molar-refractivity contribution in [3.8, 4) is 17.1 Å². The van der Waals surface area contributed by atoms with Crippen molar-refractivity contribution in [1.29, 1.82) is 0 Å². The number of nitrogens with zero attached hydrogens (tertiary/aromatic N) is 4. The van der Waals surface area contributed by atoms with Gasteiger partial charge in [-0.2, -0.15) is 5.10 Å². The molecule has 0 unspecified atom stereocenters. The zero-order chi connectivity index (χ0) is 22.3. The number of nitrogens with one attached hydrogen (secondary N) is 1. The van der Waals surface area contributed by atoms with Gasteiger partial charge in [0, 0.05) is 56.1 Å².